The summed E-state index contributed by atoms with van der Waals surface area (Å²) in [4.78, 5) is 46.8. The number of amides is 2. The van der Waals surface area contributed by atoms with E-state index in [9.17, 15) is 9.59 Å². The summed E-state index contributed by atoms with van der Waals surface area (Å²) in [6.45, 7) is 6.90. The van der Waals surface area contributed by atoms with E-state index in [2.05, 4.69) is 93.7 Å². The van der Waals surface area contributed by atoms with Crippen molar-refractivity contribution in [2.45, 2.75) is 45.2 Å². The van der Waals surface area contributed by atoms with Crippen LogP contribution in [0.5, 0.6) is 0 Å². The summed E-state index contributed by atoms with van der Waals surface area (Å²) in [5.41, 5.74) is 6.62. The predicted octanol–water partition coefficient (Wildman–Crippen LogP) is 6.80. The van der Waals surface area contributed by atoms with Gasteiger partial charge in [0.25, 0.3) is 5.91 Å². The number of hydrogen-bond donors (Lipinski definition) is 3. The SMILES string of the molecule is CCCN(C)Cc1nc2c(ccc3cc(-c4ccc(-c5cnc(CN(CC6(C)OCCO6)C(=O)[C@H](NC(=O)OC)c6ccccc6)[nH]5)cc4)ccc32)[nH]1. The lowest BCUT2D eigenvalue weighted by molar-refractivity contribution is -0.168. The van der Waals surface area contributed by atoms with Crippen LogP contribution < -0.4 is 5.32 Å². The van der Waals surface area contributed by atoms with Gasteiger partial charge in [0.05, 0.1) is 62.9 Å². The Balaban J connectivity index is 1.09. The van der Waals surface area contributed by atoms with Crippen LogP contribution in [0.15, 0.2) is 91.1 Å². The van der Waals surface area contributed by atoms with Gasteiger partial charge in [-0.1, -0.05) is 79.7 Å². The molecule has 12 heteroatoms. The van der Waals surface area contributed by atoms with Crippen molar-refractivity contribution < 1.29 is 23.8 Å². The number of fused-ring (bicyclic) bond motifs is 3. The highest BCUT2D eigenvalue weighted by atomic mass is 16.7. The van der Waals surface area contributed by atoms with Gasteiger partial charge in [0.2, 0.25) is 0 Å². The van der Waals surface area contributed by atoms with E-state index >= 15 is 0 Å². The summed E-state index contributed by atoms with van der Waals surface area (Å²) in [5, 5.41) is 4.95. The monoisotopic (exact) mass is 715 g/mol. The van der Waals surface area contributed by atoms with Crippen LogP contribution in [0.2, 0.25) is 0 Å². The van der Waals surface area contributed by atoms with E-state index in [4.69, 9.17) is 19.2 Å². The molecule has 4 aromatic carbocycles. The maximum Gasteiger partial charge on any atom is 0.407 e. The summed E-state index contributed by atoms with van der Waals surface area (Å²) >= 11 is 0. The summed E-state index contributed by atoms with van der Waals surface area (Å²) in [5.74, 6) is 0.188. The standard InChI is InChI=1S/C41H45N7O5/c1-5-19-47(3)24-36-43-33-18-16-31-22-30(15-17-32(31)38(33)45-36)27-11-13-28(14-12-27)34-23-42-35(44-34)25-48(26-41(2)52-20-21-53-41)39(49)37(46-40(50)51-4)29-9-7-6-8-10-29/h6-18,22-23,37H,5,19-21,24-26H2,1-4H3,(H,42,44)(H,43,45)(H,46,50)/t37-/m1/s1. The Morgan fingerprint density at radius 1 is 0.925 bits per heavy atom. The number of carbonyl (C=O) groups excluding carboxylic acids is 2. The molecule has 274 valence electrons. The number of rotatable bonds is 13. The van der Waals surface area contributed by atoms with E-state index in [-0.39, 0.29) is 19.0 Å². The fraction of sp³-hybridized carbons (Fsp3) is 0.317. The second-order valence-corrected chi connectivity index (χ2v) is 13.6. The molecule has 12 nitrogen and oxygen atoms in total. The van der Waals surface area contributed by atoms with E-state index < -0.39 is 17.9 Å². The molecule has 1 aliphatic rings. The fourth-order valence-electron chi connectivity index (χ4n) is 6.94. The Morgan fingerprint density at radius 2 is 1.66 bits per heavy atom. The van der Waals surface area contributed by atoms with Crippen LogP contribution in [0.3, 0.4) is 0 Å². The van der Waals surface area contributed by atoms with Gasteiger partial charge in [0, 0.05) is 5.39 Å². The molecular formula is C41H45N7O5. The number of nitrogens with zero attached hydrogens (tertiary/aromatic N) is 4. The Bertz CT molecular complexity index is 2190. The molecule has 0 unspecified atom stereocenters. The molecule has 3 N–H and O–H groups in total. The number of carbonyl (C=O) groups is 2. The maximum absolute atomic E-state index is 14.2. The molecule has 2 amide bonds. The van der Waals surface area contributed by atoms with Gasteiger partial charge in [-0.15, -0.1) is 0 Å². The number of benzene rings is 4. The van der Waals surface area contributed by atoms with Crippen molar-refractivity contribution in [3.05, 3.63) is 108 Å². The molecule has 1 aliphatic heterocycles. The van der Waals surface area contributed by atoms with Crippen LogP contribution >= 0.6 is 0 Å². The minimum atomic E-state index is -1.01. The average Bonchev–Trinajstić information content (AvgIpc) is 3.93. The van der Waals surface area contributed by atoms with Crippen molar-refractivity contribution in [1.82, 2.24) is 35.1 Å². The van der Waals surface area contributed by atoms with E-state index in [0.717, 1.165) is 69.5 Å². The highest BCUT2D eigenvalue weighted by Gasteiger charge is 2.38. The molecule has 1 saturated heterocycles. The Labute approximate surface area is 308 Å². The Kier molecular flexibility index (Phi) is 10.5. The van der Waals surface area contributed by atoms with Crippen molar-refractivity contribution in [2.24, 2.45) is 0 Å². The lowest BCUT2D eigenvalue weighted by atomic mass is 9.99. The predicted molar refractivity (Wildman–Crippen MR) is 204 cm³/mol. The second-order valence-electron chi connectivity index (χ2n) is 13.6. The van der Waals surface area contributed by atoms with Crippen LogP contribution in [0.1, 0.15) is 43.5 Å². The van der Waals surface area contributed by atoms with Gasteiger partial charge in [-0.2, -0.15) is 0 Å². The molecule has 0 aliphatic carbocycles. The van der Waals surface area contributed by atoms with Crippen LogP contribution in [-0.2, 0) is 32.1 Å². The summed E-state index contributed by atoms with van der Waals surface area (Å²) in [6.07, 6.45) is 2.15. The molecule has 3 heterocycles. The van der Waals surface area contributed by atoms with Gasteiger partial charge in [-0.3, -0.25) is 9.69 Å². The molecule has 53 heavy (non-hydrogen) atoms. The Hall–Kier alpha value is -5.56. The van der Waals surface area contributed by atoms with E-state index in [1.54, 1.807) is 30.2 Å². The quantitative estimate of drug-likeness (QED) is 0.119. The summed E-state index contributed by atoms with van der Waals surface area (Å²) in [7, 11) is 3.38. The third-order valence-corrected chi connectivity index (χ3v) is 9.56. The smallest absolute Gasteiger partial charge is 0.407 e. The number of H-pyrrole nitrogens is 2. The maximum atomic E-state index is 14.2. The molecule has 7 rings (SSSR count). The molecule has 0 saturated carbocycles. The first-order valence-corrected chi connectivity index (χ1v) is 17.9. The van der Waals surface area contributed by atoms with Crippen LogP contribution in [0.4, 0.5) is 4.79 Å². The highest BCUT2D eigenvalue weighted by Crippen LogP contribution is 2.31. The van der Waals surface area contributed by atoms with Crippen molar-refractivity contribution in [2.75, 3.05) is 40.5 Å². The van der Waals surface area contributed by atoms with Crippen LogP contribution in [-0.4, -0.2) is 88.0 Å². The minimum Gasteiger partial charge on any atom is -0.453 e. The third kappa shape index (κ3) is 8.10. The summed E-state index contributed by atoms with van der Waals surface area (Å²) in [6, 6.07) is 27.1. The number of alkyl carbamates (subject to hydrolysis) is 1. The Morgan fingerprint density at radius 3 is 2.40 bits per heavy atom. The average molecular weight is 716 g/mol. The van der Waals surface area contributed by atoms with Gasteiger partial charge in [0.15, 0.2) is 5.79 Å². The molecule has 0 radical (unpaired) electrons. The molecule has 0 spiro atoms. The molecule has 0 bridgehead atoms. The first kappa shape index (κ1) is 35.8. The van der Waals surface area contributed by atoms with Gasteiger partial charge < -0.3 is 34.4 Å². The van der Waals surface area contributed by atoms with Crippen molar-refractivity contribution in [1.29, 1.82) is 0 Å². The lowest BCUT2D eigenvalue weighted by Crippen LogP contribution is -2.49. The number of aromatic nitrogens is 4. The van der Waals surface area contributed by atoms with Crippen molar-refractivity contribution in [3.8, 4) is 22.4 Å². The number of aromatic amines is 2. The minimum absolute atomic E-state index is 0.123. The van der Waals surface area contributed by atoms with E-state index in [1.807, 2.05) is 18.2 Å². The van der Waals surface area contributed by atoms with E-state index in [1.165, 1.54) is 7.11 Å². The zero-order valence-electron chi connectivity index (χ0n) is 30.5. The number of imidazole rings is 2. The number of hydrogen-bond acceptors (Lipinski definition) is 8. The zero-order chi connectivity index (χ0) is 37.0. The van der Waals surface area contributed by atoms with Gasteiger partial charge in [-0.05, 0) is 66.7 Å². The molecule has 1 atom stereocenters. The molecule has 2 aromatic heterocycles. The second kappa shape index (κ2) is 15.6. The number of ether oxygens (including phenoxy) is 3. The molecule has 1 fully saturated rings. The zero-order valence-corrected chi connectivity index (χ0v) is 30.5. The van der Waals surface area contributed by atoms with Gasteiger partial charge in [-0.25, -0.2) is 14.8 Å². The van der Waals surface area contributed by atoms with Gasteiger partial charge in [0.1, 0.15) is 17.7 Å². The number of methoxy groups -OCH3 is 1. The summed E-state index contributed by atoms with van der Waals surface area (Å²) < 4.78 is 16.6. The van der Waals surface area contributed by atoms with Gasteiger partial charge >= 0.3 is 6.09 Å². The lowest BCUT2D eigenvalue weighted by Gasteiger charge is -2.33. The van der Waals surface area contributed by atoms with Crippen molar-refractivity contribution in [3.63, 3.8) is 0 Å². The molecular weight excluding hydrogens is 670 g/mol. The third-order valence-electron chi connectivity index (χ3n) is 9.56. The molecule has 6 aromatic rings. The highest BCUT2D eigenvalue weighted by molar-refractivity contribution is 6.05. The first-order valence-electron chi connectivity index (χ1n) is 17.9. The van der Waals surface area contributed by atoms with Crippen molar-refractivity contribution >= 4 is 33.8 Å². The fourth-order valence-corrected chi connectivity index (χ4v) is 6.94. The van der Waals surface area contributed by atoms with E-state index in [0.29, 0.717) is 24.6 Å². The normalized spacial score (nSPS) is 14.5. The topological polar surface area (TPSA) is 138 Å². The largest absolute Gasteiger partial charge is 0.453 e. The van der Waals surface area contributed by atoms with Crippen LogP contribution in [0, 0.1) is 0 Å². The number of nitrogens with one attached hydrogen (secondary N) is 3. The first-order chi connectivity index (χ1) is 25.7. The van der Waals surface area contributed by atoms with Crippen LogP contribution in [0.25, 0.3) is 44.2 Å².